The molecule has 516 valence electrons. The van der Waals surface area contributed by atoms with Crippen molar-refractivity contribution >= 4 is 35.5 Å². The Kier molecular flexibility index (Phi) is 26.2. The van der Waals surface area contributed by atoms with Crippen LogP contribution in [0.1, 0.15) is 0 Å². The number of carboxylic acids is 2. The third-order valence-electron chi connectivity index (χ3n) is 16.2. The Morgan fingerprint density at radius 2 is 0.438 bits per heavy atom. The minimum atomic E-state index is -2.27. The van der Waals surface area contributed by atoms with Gasteiger partial charge in [0.05, 0.1) is 45.2 Å². The highest BCUT2D eigenvalue weighted by atomic mass is 32.2. The lowest BCUT2D eigenvalue weighted by molar-refractivity contribution is -0.395. The molecule has 0 amide bonds. The van der Waals surface area contributed by atoms with E-state index in [4.69, 9.17) is 77.8 Å². The van der Waals surface area contributed by atoms with Crippen molar-refractivity contribution in [2.45, 2.75) is 227 Å². The fourth-order valence-electron chi connectivity index (χ4n) is 11.2. The molecule has 0 spiro atoms. The Bertz CT molecular complexity index is 2200. The molecule has 0 radical (unpaired) electrons. The predicted molar refractivity (Wildman–Crippen MR) is 280 cm³/mol. The highest BCUT2D eigenvalue weighted by Gasteiger charge is 2.60. The number of thioether (sulfide) groups is 2. The molecule has 89 heavy (non-hydrogen) atoms. The van der Waals surface area contributed by atoms with Gasteiger partial charge >= 0.3 is 11.9 Å². The zero-order valence-electron chi connectivity index (χ0n) is 46.6. The van der Waals surface area contributed by atoms with Crippen molar-refractivity contribution in [3.63, 3.8) is 0 Å². The molecule has 39 nitrogen and oxygen atoms in total. The van der Waals surface area contributed by atoms with Gasteiger partial charge < -0.3 is 185 Å². The van der Waals surface area contributed by atoms with E-state index in [0.29, 0.717) is 0 Å². The third kappa shape index (κ3) is 15.9. The molecule has 14 bridgehead atoms. The minimum absolute atomic E-state index is 0.319. The zero-order valence-corrected chi connectivity index (χ0v) is 48.3. The second-order valence-electron chi connectivity index (χ2n) is 22.3. The summed E-state index contributed by atoms with van der Waals surface area (Å²) in [5.41, 5.74) is 11.4. The van der Waals surface area contributed by atoms with Crippen LogP contribution in [0.4, 0.5) is 0 Å². The van der Waals surface area contributed by atoms with E-state index < -0.39 is 284 Å². The van der Waals surface area contributed by atoms with Gasteiger partial charge in [-0.05, 0) is 0 Å². The van der Waals surface area contributed by atoms with E-state index in [1.54, 1.807) is 0 Å². The summed E-state index contributed by atoms with van der Waals surface area (Å²) < 4.78 is 81.6. The summed E-state index contributed by atoms with van der Waals surface area (Å²) in [6.07, 6.45) is -71.4. The number of carboxylic acid groups (broad SMARTS) is 2. The molecule has 37 atom stereocenters. The molecule has 21 rings (SSSR count). The molecule has 0 aromatic heterocycles. The van der Waals surface area contributed by atoms with Crippen LogP contribution in [-0.4, -0.2) is 402 Å². The van der Waals surface area contributed by atoms with Gasteiger partial charge in [0.1, 0.15) is 171 Å². The first-order valence-electron chi connectivity index (χ1n) is 28.1. The zero-order chi connectivity index (χ0) is 65.2. The topological polar surface area (TPSA) is 640 Å². The van der Waals surface area contributed by atoms with Crippen molar-refractivity contribution < 1.29 is 183 Å². The van der Waals surface area contributed by atoms with Gasteiger partial charge in [-0.3, -0.25) is 9.59 Å². The monoisotopic (exact) mass is 1340 g/mol. The van der Waals surface area contributed by atoms with Gasteiger partial charge in [0.25, 0.3) is 0 Å². The molecular weight excluding hydrogens is 1260 g/mol. The normalized spacial score (nSPS) is 50.1. The lowest BCUT2D eigenvalue weighted by Crippen LogP contribution is -2.68. The van der Waals surface area contributed by atoms with Crippen molar-refractivity contribution in [2.75, 3.05) is 56.0 Å². The number of aliphatic carboxylic acids is 2. The van der Waals surface area contributed by atoms with Gasteiger partial charge in [-0.15, -0.1) is 0 Å². The summed E-state index contributed by atoms with van der Waals surface area (Å²) in [6, 6.07) is -2.94. The summed E-state index contributed by atoms with van der Waals surface area (Å²) in [5, 5.41) is 233. The first-order valence-corrected chi connectivity index (χ1v) is 30.4. The Morgan fingerprint density at radius 1 is 0.281 bits per heavy atom. The fourth-order valence-corrected chi connectivity index (χ4v) is 13.2. The molecule has 21 saturated heterocycles. The SMILES string of the molecule is N[C@H](CSCC1O[C@@H]2O[C@@H]3C(CO)O[C@@H](O[C@@H]4C(CO)O[C@@H](O[C@@H]5C(CSC[C@@H](N)C(=O)O)O[C@@H](O[C@@H]6C(CO)O[C@H](O[C@@H]7C(CO)O[C@H](O[C@@H]8C(CO)O[C@@H](OC1[C@H](O)C2O)C(O)[C@H]8O)C(O)[C@H]7O)C(O)[C@H]6O)C(O)[C@H]5O)C(O)[C@H]4O)C(O)[C@H]3O)C(=O)O. The van der Waals surface area contributed by atoms with Crippen molar-refractivity contribution in [1.82, 2.24) is 0 Å². The van der Waals surface area contributed by atoms with Crippen LogP contribution in [0.5, 0.6) is 0 Å². The number of hydrogen-bond acceptors (Lipinski definition) is 39. The summed E-state index contributed by atoms with van der Waals surface area (Å²) in [5.74, 6) is -4.26. The van der Waals surface area contributed by atoms with Crippen LogP contribution < -0.4 is 11.5 Å². The molecule has 25 N–H and O–H groups in total. The average Bonchev–Trinajstić information content (AvgIpc) is 0.983. The van der Waals surface area contributed by atoms with E-state index >= 15 is 0 Å². The van der Waals surface area contributed by atoms with Crippen LogP contribution in [0.25, 0.3) is 0 Å². The largest absolute Gasteiger partial charge is 0.480 e. The van der Waals surface area contributed by atoms with E-state index in [0.717, 1.165) is 23.5 Å². The summed E-state index contributed by atoms with van der Waals surface area (Å²) >= 11 is 1.60. The van der Waals surface area contributed by atoms with Gasteiger partial charge in [-0.1, -0.05) is 0 Å². The Labute approximate surface area is 511 Å². The molecule has 0 aromatic carbocycles. The number of aliphatic hydroxyl groups excluding tert-OH is 19. The molecule has 15 unspecified atom stereocenters. The molecule has 21 heterocycles. The number of ether oxygens (including phenoxy) is 14. The average molecular weight is 1340 g/mol. The second kappa shape index (κ2) is 31.9. The van der Waals surface area contributed by atoms with Crippen LogP contribution in [0.3, 0.4) is 0 Å². The maximum atomic E-state index is 11.7. The van der Waals surface area contributed by atoms with Crippen LogP contribution in [0, 0.1) is 0 Å². The van der Waals surface area contributed by atoms with E-state index in [1.165, 1.54) is 0 Å². The lowest BCUT2D eigenvalue weighted by atomic mass is 9.95. The van der Waals surface area contributed by atoms with E-state index in [-0.39, 0.29) is 11.5 Å². The maximum absolute atomic E-state index is 11.7. The summed E-state index contributed by atoms with van der Waals surface area (Å²) in [6.45, 7) is -5.43. The fraction of sp³-hybridized carbons (Fsp3) is 0.958. The minimum Gasteiger partial charge on any atom is -0.480 e. The van der Waals surface area contributed by atoms with Crippen molar-refractivity contribution in [3.05, 3.63) is 0 Å². The summed E-state index contributed by atoms with van der Waals surface area (Å²) in [7, 11) is 0. The van der Waals surface area contributed by atoms with Gasteiger partial charge in [-0.25, -0.2) is 0 Å². The van der Waals surface area contributed by atoms with Gasteiger partial charge in [0.15, 0.2) is 44.0 Å². The van der Waals surface area contributed by atoms with Crippen molar-refractivity contribution in [3.8, 4) is 0 Å². The predicted octanol–water partition coefficient (Wildman–Crippen LogP) is -14.9. The number of nitrogens with two attached hydrogens (primary N) is 2. The first-order chi connectivity index (χ1) is 42.2. The molecule has 0 aromatic rings. The standard InChI is InChI=1S/C48H80N2O37S2/c49-10(40(70)71)6-88-8-17-38-25(62)32(69)48(80-17)85-37-16(5-55)76-44(28(65)21(37)58)83-35-14(3-53)78-46(30(67)23(35)60)87-39-18(9-89-7-11(50)41(72)73)79-47(31(68)24(39)61)84-36-15(4-54)75-43(27(64)20(36)57)81-33-12(1-51)74-42(26(63)19(33)56)82-34-13(2-52)77-45(86-38)29(66)22(34)59/h10-39,42-48,51-69H,1-9,49-50H2,(H,70,71)(H,72,73)/t10-,11-,12?,13?,14?,15?,16?,17?,18?,19-,20-,21-,22-,23-,24-,25-,26?,27?,28?,29?,30?,31?,32?,33-,34-,35-,36-,37-,38?,39-,42-,43-,44+,45+,46+,47+,48-/m1/s1. The number of aliphatic hydroxyl groups is 19. The van der Waals surface area contributed by atoms with Crippen LogP contribution >= 0.6 is 23.5 Å². The van der Waals surface area contributed by atoms with Gasteiger partial charge in [0, 0.05) is 23.0 Å². The number of hydrogen-bond donors (Lipinski definition) is 23. The number of rotatable bonds is 15. The van der Waals surface area contributed by atoms with E-state index in [2.05, 4.69) is 0 Å². The molecule has 21 aliphatic heterocycles. The van der Waals surface area contributed by atoms with Gasteiger partial charge in [-0.2, -0.15) is 23.5 Å². The van der Waals surface area contributed by atoms with E-state index in [9.17, 15) is 117 Å². The summed E-state index contributed by atoms with van der Waals surface area (Å²) in [4.78, 5) is 23.2. The Morgan fingerprint density at radius 3 is 0.596 bits per heavy atom. The molecule has 0 aliphatic carbocycles. The van der Waals surface area contributed by atoms with Crippen molar-refractivity contribution in [1.29, 1.82) is 0 Å². The Balaban J connectivity index is 1.11. The third-order valence-corrected chi connectivity index (χ3v) is 18.5. The maximum Gasteiger partial charge on any atom is 0.321 e. The molecule has 41 heteroatoms. The van der Waals surface area contributed by atoms with Crippen LogP contribution in [0.15, 0.2) is 0 Å². The van der Waals surface area contributed by atoms with Gasteiger partial charge in [0.2, 0.25) is 0 Å². The first kappa shape index (κ1) is 73.1. The van der Waals surface area contributed by atoms with Crippen LogP contribution in [0.2, 0.25) is 0 Å². The molecule has 21 aliphatic rings. The smallest absolute Gasteiger partial charge is 0.321 e. The Hall–Kier alpha value is -1.76. The molecule has 21 fully saturated rings. The highest BCUT2D eigenvalue weighted by molar-refractivity contribution is 7.99. The molecular formula is C48H80N2O37S2. The van der Waals surface area contributed by atoms with E-state index in [1.807, 2.05) is 0 Å². The highest BCUT2D eigenvalue weighted by Crippen LogP contribution is 2.40. The lowest BCUT2D eigenvalue weighted by Gasteiger charge is -2.50. The van der Waals surface area contributed by atoms with Crippen LogP contribution in [-0.2, 0) is 75.9 Å². The quantitative estimate of drug-likeness (QED) is 0.0724. The van der Waals surface area contributed by atoms with Crippen molar-refractivity contribution in [2.24, 2.45) is 11.5 Å². The second-order valence-corrected chi connectivity index (χ2v) is 24.4. The molecule has 0 saturated carbocycles. The number of carbonyl (C=O) groups is 2.